The van der Waals surface area contributed by atoms with E-state index in [1.54, 1.807) is 0 Å². The van der Waals surface area contributed by atoms with Crippen LogP contribution in [-0.4, -0.2) is 13.1 Å². The van der Waals surface area contributed by atoms with Gasteiger partial charge >= 0.3 is 5.97 Å². The lowest BCUT2D eigenvalue weighted by atomic mass is 10.1. The number of hydrogen-bond donors (Lipinski definition) is 1. The van der Waals surface area contributed by atoms with Crippen molar-refractivity contribution in [3.63, 3.8) is 0 Å². The summed E-state index contributed by atoms with van der Waals surface area (Å²) in [5, 5.41) is 0. The fourth-order valence-corrected chi connectivity index (χ4v) is 1.70. The number of benzene rings is 1. The Morgan fingerprint density at radius 1 is 1.57 bits per heavy atom. The Balaban J connectivity index is 2.63. The van der Waals surface area contributed by atoms with E-state index in [2.05, 4.69) is 20.7 Å². The Bertz CT molecular complexity index is 339. The summed E-state index contributed by atoms with van der Waals surface area (Å²) < 4.78 is 5.49. The van der Waals surface area contributed by atoms with Crippen molar-refractivity contribution in [2.24, 2.45) is 0 Å². The van der Waals surface area contributed by atoms with E-state index < -0.39 is 0 Å². The highest BCUT2D eigenvalue weighted by atomic mass is 79.9. The van der Waals surface area contributed by atoms with Crippen molar-refractivity contribution in [3.8, 4) is 0 Å². The molecule has 1 aromatic rings. The molecule has 0 aliphatic carbocycles. The summed E-state index contributed by atoms with van der Waals surface area (Å²) in [5.41, 5.74) is 7.35. The molecule has 0 saturated carbocycles. The molecule has 0 saturated heterocycles. The van der Waals surface area contributed by atoms with Crippen LogP contribution < -0.4 is 5.73 Å². The highest BCUT2D eigenvalue weighted by Gasteiger charge is 2.04. The first-order valence-electron chi connectivity index (χ1n) is 4.24. The second kappa shape index (κ2) is 5.00. The molecule has 4 heteroatoms. The number of methoxy groups -OCH3 is 1. The zero-order valence-electron chi connectivity index (χ0n) is 7.92. The molecule has 0 aliphatic rings. The molecule has 0 heterocycles. The average molecular weight is 258 g/mol. The summed E-state index contributed by atoms with van der Waals surface area (Å²) in [4.78, 5) is 10.9. The van der Waals surface area contributed by atoms with Crippen LogP contribution in [0, 0.1) is 0 Å². The molecular formula is C10H12BrNO2. The lowest BCUT2D eigenvalue weighted by Crippen LogP contribution is -2.02. The molecule has 0 radical (unpaired) electrons. The normalized spacial score (nSPS) is 9.86. The predicted octanol–water partition coefficient (Wildman–Crippen LogP) is 2.14. The predicted molar refractivity (Wildman–Crippen MR) is 58.9 cm³/mol. The first-order valence-corrected chi connectivity index (χ1v) is 5.03. The summed E-state index contributed by atoms with van der Waals surface area (Å²) in [6.07, 6.45) is 1.05. The number of carbonyl (C=O) groups is 1. The van der Waals surface area contributed by atoms with E-state index in [0.717, 1.165) is 10.0 Å². The molecule has 0 bridgehead atoms. The summed E-state index contributed by atoms with van der Waals surface area (Å²) in [6.45, 7) is 0. The molecule has 1 rings (SSSR count). The molecule has 76 valence electrons. The number of esters is 1. The molecule has 0 fully saturated rings. The highest BCUT2D eigenvalue weighted by molar-refractivity contribution is 9.10. The highest BCUT2D eigenvalue weighted by Crippen LogP contribution is 2.21. The van der Waals surface area contributed by atoms with Gasteiger partial charge in [0.25, 0.3) is 0 Å². The number of carbonyl (C=O) groups excluding carboxylic acids is 1. The fourth-order valence-electron chi connectivity index (χ4n) is 1.11. The molecule has 0 unspecified atom stereocenters. The molecule has 14 heavy (non-hydrogen) atoms. The monoisotopic (exact) mass is 257 g/mol. The second-order valence-corrected chi connectivity index (χ2v) is 3.78. The first kappa shape index (κ1) is 11.0. The summed E-state index contributed by atoms with van der Waals surface area (Å²) in [6, 6.07) is 5.55. The average Bonchev–Trinajstić information content (AvgIpc) is 2.16. The van der Waals surface area contributed by atoms with Gasteiger partial charge in [-0.2, -0.15) is 0 Å². The summed E-state index contributed by atoms with van der Waals surface area (Å²) >= 11 is 3.39. The smallest absolute Gasteiger partial charge is 0.305 e. The van der Waals surface area contributed by atoms with E-state index >= 15 is 0 Å². The topological polar surface area (TPSA) is 52.3 Å². The number of rotatable bonds is 3. The van der Waals surface area contributed by atoms with E-state index in [-0.39, 0.29) is 5.97 Å². The summed E-state index contributed by atoms with van der Waals surface area (Å²) in [5.74, 6) is -0.200. The molecule has 1 aromatic carbocycles. The zero-order chi connectivity index (χ0) is 10.6. The van der Waals surface area contributed by atoms with Crippen molar-refractivity contribution in [2.75, 3.05) is 12.8 Å². The third-order valence-electron chi connectivity index (χ3n) is 1.90. The molecule has 0 aliphatic heterocycles. The second-order valence-electron chi connectivity index (χ2n) is 2.93. The van der Waals surface area contributed by atoms with Gasteiger partial charge in [-0.25, -0.2) is 0 Å². The van der Waals surface area contributed by atoms with Crippen LogP contribution >= 0.6 is 15.9 Å². The van der Waals surface area contributed by atoms with Gasteiger partial charge in [0.05, 0.1) is 7.11 Å². The maximum Gasteiger partial charge on any atom is 0.305 e. The number of nitrogen functional groups attached to an aromatic ring is 1. The van der Waals surface area contributed by atoms with Crippen molar-refractivity contribution in [3.05, 3.63) is 28.2 Å². The minimum atomic E-state index is -0.200. The lowest BCUT2D eigenvalue weighted by molar-refractivity contribution is -0.140. The maximum absolute atomic E-state index is 10.9. The van der Waals surface area contributed by atoms with Gasteiger partial charge in [-0.1, -0.05) is 22.0 Å². The molecule has 3 nitrogen and oxygen atoms in total. The van der Waals surface area contributed by atoms with Crippen LogP contribution in [0.2, 0.25) is 0 Å². The molecule has 0 amide bonds. The van der Waals surface area contributed by atoms with Crippen LogP contribution in [0.4, 0.5) is 5.69 Å². The Hall–Kier alpha value is -1.03. The van der Waals surface area contributed by atoms with Crippen LogP contribution in [0.25, 0.3) is 0 Å². The van der Waals surface area contributed by atoms with Crippen LogP contribution in [-0.2, 0) is 16.0 Å². The number of ether oxygens (including phenoxy) is 1. The SMILES string of the molecule is COC(=O)CCc1ccc(N)cc1Br. The number of nitrogens with two attached hydrogens (primary N) is 1. The number of aryl methyl sites for hydroxylation is 1. The zero-order valence-corrected chi connectivity index (χ0v) is 9.50. The van der Waals surface area contributed by atoms with Gasteiger partial charge in [-0.3, -0.25) is 4.79 Å². The van der Waals surface area contributed by atoms with Crippen molar-refractivity contribution in [1.29, 1.82) is 0 Å². The first-order chi connectivity index (χ1) is 6.63. The molecule has 2 N–H and O–H groups in total. The third-order valence-corrected chi connectivity index (χ3v) is 2.64. The van der Waals surface area contributed by atoms with Gasteiger partial charge in [-0.05, 0) is 24.1 Å². The Labute approximate surface area is 91.4 Å². The van der Waals surface area contributed by atoms with E-state index in [9.17, 15) is 4.79 Å². The molecule has 0 atom stereocenters. The number of anilines is 1. The van der Waals surface area contributed by atoms with Crippen molar-refractivity contribution < 1.29 is 9.53 Å². The third kappa shape index (κ3) is 3.03. The van der Waals surface area contributed by atoms with Gasteiger partial charge in [0.2, 0.25) is 0 Å². The molecular weight excluding hydrogens is 246 g/mol. The molecule has 0 spiro atoms. The van der Waals surface area contributed by atoms with Gasteiger partial charge < -0.3 is 10.5 Å². The Morgan fingerprint density at radius 3 is 2.86 bits per heavy atom. The van der Waals surface area contributed by atoms with E-state index in [4.69, 9.17) is 5.73 Å². The quantitative estimate of drug-likeness (QED) is 0.667. The van der Waals surface area contributed by atoms with Gasteiger partial charge in [-0.15, -0.1) is 0 Å². The number of halogens is 1. The Morgan fingerprint density at radius 2 is 2.29 bits per heavy atom. The van der Waals surface area contributed by atoms with Gasteiger partial charge in [0.1, 0.15) is 0 Å². The van der Waals surface area contributed by atoms with E-state index in [1.165, 1.54) is 7.11 Å². The number of hydrogen-bond acceptors (Lipinski definition) is 3. The minimum Gasteiger partial charge on any atom is -0.469 e. The minimum absolute atomic E-state index is 0.200. The van der Waals surface area contributed by atoms with E-state index in [1.807, 2.05) is 18.2 Å². The van der Waals surface area contributed by atoms with Gasteiger partial charge in [0.15, 0.2) is 0 Å². The van der Waals surface area contributed by atoms with Crippen molar-refractivity contribution in [1.82, 2.24) is 0 Å². The largest absolute Gasteiger partial charge is 0.469 e. The maximum atomic E-state index is 10.9. The summed E-state index contributed by atoms with van der Waals surface area (Å²) in [7, 11) is 1.39. The molecule has 0 aromatic heterocycles. The van der Waals surface area contributed by atoms with Crippen molar-refractivity contribution >= 4 is 27.6 Å². The Kier molecular flexibility index (Phi) is 3.95. The lowest BCUT2D eigenvalue weighted by Gasteiger charge is -2.04. The van der Waals surface area contributed by atoms with E-state index in [0.29, 0.717) is 18.5 Å². The van der Waals surface area contributed by atoms with Crippen LogP contribution in [0.15, 0.2) is 22.7 Å². The van der Waals surface area contributed by atoms with Crippen LogP contribution in [0.3, 0.4) is 0 Å². The standard InChI is InChI=1S/C10H12BrNO2/c1-14-10(13)5-3-7-2-4-8(12)6-9(7)11/h2,4,6H,3,5,12H2,1H3. The fraction of sp³-hybridized carbons (Fsp3) is 0.300. The van der Waals surface area contributed by atoms with Gasteiger partial charge in [0, 0.05) is 16.6 Å². The van der Waals surface area contributed by atoms with Crippen LogP contribution in [0.5, 0.6) is 0 Å². The van der Waals surface area contributed by atoms with Crippen LogP contribution in [0.1, 0.15) is 12.0 Å². The van der Waals surface area contributed by atoms with Crippen molar-refractivity contribution in [2.45, 2.75) is 12.8 Å².